The number of hydrogen-bond acceptors (Lipinski definition) is 6. The minimum Gasteiger partial charge on any atom is -0.467 e. The number of amides is 1. The van der Waals surface area contributed by atoms with E-state index in [0.717, 1.165) is 5.56 Å². The van der Waals surface area contributed by atoms with Crippen molar-refractivity contribution in [1.29, 1.82) is 0 Å². The molecule has 0 radical (unpaired) electrons. The number of thiazole rings is 1. The van der Waals surface area contributed by atoms with E-state index >= 15 is 0 Å². The predicted octanol–water partition coefficient (Wildman–Crippen LogP) is 4.23. The Bertz CT molecular complexity index is 953. The molecule has 0 bridgehead atoms. The quantitative estimate of drug-likeness (QED) is 0.622. The topological polar surface area (TPSA) is 81.4 Å². The summed E-state index contributed by atoms with van der Waals surface area (Å²) in [6, 6.07) is 10.7. The molecule has 1 amide bonds. The van der Waals surface area contributed by atoms with Gasteiger partial charge in [0.2, 0.25) is 0 Å². The van der Waals surface area contributed by atoms with Crippen LogP contribution in [0.1, 0.15) is 28.0 Å². The Labute approximate surface area is 165 Å². The lowest BCUT2D eigenvalue weighted by Crippen LogP contribution is -2.35. The number of rotatable bonds is 6. The number of aryl methyl sites for hydroxylation is 1. The monoisotopic (exact) mass is 404 g/mol. The molecule has 0 unspecified atom stereocenters. The van der Waals surface area contributed by atoms with Crippen LogP contribution in [0.25, 0.3) is 10.6 Å². The molecular formula is C19H17ClN2O4S. The lowest BCUT2D eigenvalue weighted by atomic mass is 10.2. The molecule has 27 heavy (non-hydrogen) atoms. The minimum atomic E-state index is -0.941. The van der Waals surface area contributed by atoms with Crippen LogP contribution in [0.4, 0.5) is 0 Å². The number of aromatic nitrogens is 1. The highest BCUT2D eigenvalue weighted by molar-refractivity contribution is 7.17. The maximum atomic E-state index is 12.4. The number of ether oxygens (including phenoxy) is 1. The van der Waals surface area contributed by atoms with Crippen LogP contribution in [-0.2, 0) is 16.1 Å². The molecule has 0 aliphatic carbocycles. The first kappa shape index (κ1) is 19.1. The molecule has 0 saturated heterocycles. The summed E-state index contributed by atoms with van der Waals surface area (Å²) in [5.74, 6) is -0.373. The zero-order valence-corrected chi connectivity index (χ0v) is 16.3. The highest BCUT2D eigenvalue weighted by Gasteiger charge is 2.23. The Kier molecular flexibility index (Phi) is 5.93. The molecule has 8 heteroatoms. The van der Waals surface area contributed by atoms with Crippen molar-refractivity contribution < 1.29 is 18.7 Å². The summed E-state index contributed by atoms with van der Waals surface area (Å²) in [5.41, 5.74) is 1.36. The second kappa shape index (κ2) is 8.37. The van der Waals surface area contributed by atoms with Crippen LogP contribution in [0.5, 0.6) is 0 Å². The summed E-state index contributed by atoms with van der Waals surface area (Å²) in [7, 11) is 0. The molecule has 1 aromatic carbocycles. The van der Waals surface area contributed by atoms with Crippen LogP contribution in [-0.4, -0.2) is 23.0 Å². The van der Waals surface area contributed by atoms with E-state index in [4.69, 9.17) is 20.8 Å². The fraction of sp³-hybridized carbons (Fsp3) is 0.211. The zero-order chi connectivity index (χ0) is 19.4. The Hall–Kier alpha value is -2.64. The second-order valence-electron chi connectivity index (χ2n) is 5.79. The van der Waals surface area contributed by atoms with Crippen LogP contribution in [0.2, 0.25) is 5.02 Å². The predicted molar refractivity (Wildman–Crippen MR) is 103 cm³/mol. The molecule has 0 fully saturated rings. The first-order valence-electron chi connectivity index (χ1n) is 8.18. The van der Waals surface area contributed by atoms with Crippen molar-refractivity contribution in [2.75, 3.05) is 0 Å². The first-order chi connectivity index (χ1) is 12.9. The smallest absolute Gasteiger partial charge is 0.351 e. The van der Waals surface area contributed by atoms with E-state index in [9.17, 15) is 9.59 Å². The molecule has 2 heterocycles. The van der Waals surface area contributed by atoms with Gasteiger partial charge in [0.1, 0.15) is 15.6 Å². The standard InChI is InChI=1S/C19H17ClN2O4S/c1-11-16(27-18(22-11)13-5-3-6-14(20)9-13)19(24)26-12(2)17(23)21-10-15-7-4-8-25-15/h3-9,12H,10H2,1-2H3,(H,21,23)/t12-/m1/s1. The molecule has 2 aromatic heterocycles. The summed E-state index contributed by atoms with van der Waals surface area (Å²) in [6.45, 7) is 3.47. The first-order valence-corrected chi connectivity index (χ1v) is 9.38. The number of nitrogens with zero attached hydrogens (tertiary/aromatic N) is 1. The van der Waals surface area contributed by atoms with Gasteiger partial charge in [-0.2, -0.15) is 0 Å². The van der Waals surface area contributed by atoms with Crippen LogP contribution in [0.3, 0.4) is 0 Å². The summed E-state index contributed by atoms with van der Waals surface area (Å²) >= 11 is 7.21. The van der Waals surface area contributed by atoms with E-state index in [1.54, 1.807) is 31.2 Å². The number of furan rings is 1. The van der Waals surface area contributed by atoms with E-state index in [2.05, 4.69) is 10.3 Å². The third-order valence-electron chi connectivity index (χ3n) is 3.72. The van der Waals surface area contributed by atoms with Gasteiger partial charge in [-0.3, -0.25) is 4.79 Å². The molecular weight excluding hydrogens is 388 g/mol. The van der Waals surface area contributed by atoms with Gasteiger partial charge >= 0.3 is 5.97 Å². The number of hydrogen-bond donors (Lipinski definition) is 1. The van der Waals surface area contributed by atoms with E-state index in [1.165, 1.54) is 24.5 Å². The minimum absolute atomic E-state index is 0.228. The molecule has 0 saturated carbocycles. The molecule has 3 rings (SSSR count). The Morgan fingerprint density at radius 2 is 2.15 bits per heavy atom. The van der Waals surface area contributed by atoms with Gasteiger partial charge in [-0.15, -0.1) is 11.3 Å². The SMILES string of the molecule is Cc1nc(-c2cccc(Cl)c2)sc1C(=O)O[C@H](C)C(=O)NCc1ccco1. The fourth-order valence-electron chi connectivity index (χ4n) is 2.33. The van der Waals surface area contributed by atoms with Gasteiger partial charge < -0.3 is 14.5 Å². The number of halogens is 1. The third kappa shape index (κ3) is 4.75. The number of esters is 1. The van der Waals surface area contributed by atoms with E-state index < -0.39 is 18.0 Å². The molecule has 1 atom stereocenters. The molecule has 0 spiro atoms. The van der Waals surface area contributed by atoms with Crippen molar-refractivity contribution >= 4 is 34.8 Å². The largest absolute Gasteiger partial charge is 0.467 e. The van der Waals surface area contributed by atoms with Gasteiger partial charge in [0.15, 0.2) is 6.10 Å². The van der Waals surface area contributed by atoms with Crippen LogP contribution < -0.4 is 5.32 Å². The van der Waals surface area contributed by atoms with Crippen molar-refractivity contribution in [1.82, 2.24) is 10.3 Å². The van der Waals surface area contributed by atoms with Crippen LogP contribution in [0, 0.1) is 6.92 Å². The third-order valence-corrected chi connectivity index (χ3v) is 5.15. The van der Waals surface area contributed by atoms with E-state index in [1.807, 2.05) is 12.1 Å². The number of benzene rings is 1. The van der Waals surface area contributed by atoms with Crippen molar-refractivity contribution in [3.8, 4) is 10.6 Å². The van der Waals surface area contributed by atoms with E-state index in [-0.39, 0.29) is 6.54 Å². The maximum Gasteiger partial charge on any atom is 0.351 e. The van der Waals surface area contributed by atoms with E-state index in [0.29, 0.717) is 26.4 Å². The van der Waals surface area contributed by atoms with Gasteiger partial charge in [0.05, 0.1) is 18.5 Å². The normalized spacial score (nSPS) is 11.8. The van der Waals surface area contributed by atoms with Crippen molar-refractivity contribution in [3.63, 3.8) is 0 Å². The molecule has 3 aromatic rings. The second-order valence-corrected chi connectivity index (χ2v) is 7.22. The number of carbonyl (C=O) groups excluding carboxylic acids is 2. The Morgan fingerprint density at radius 1 is 1.33 bits per heavy atom. The van der Waals surface area contributed by atoms with Gasteiger partial charge in [0.25, 0.3) is 5.91 Å². The summed E-state index contributed by atoms with van der Waals surface area (Å²) in [5, 5.41) is 3.91. The Morgan fingerprint density at radius 3 is 2.85 bits per heavy atom. The highest BCUT2D eigenvalue weighted by Crippen LogP contribution is 2.30. The summed E-state index contributed by atoms with van der Waals surface area (Å²) in [6.07, 6.45) is 0.582. The Balaban J connectivity index is 1.64. The lowest BCUT2D eigenvalue weighted by molar-refractivity contribution is -0.129. The lowest BCUT2D eigenvalue weighted by Gasteiger charge is -2.12. The fourth-order valence-corrected chi connectivity index (χ4v) is 3.47. The zero-order valence-electron chi connectivity index (χ0n) is 14.7. The molecule has 0 aliphatic heterocycles. The highest BCUT2D eigenvalue weighted by atomic mass is 35.5. The van der Waals surface area contributed by atoms with Crippen molar-refractivity contribution in [3.05, 3.63) is 64.0 Å². The van der Waals surface area contributed by atoms with Gasteiger partial charge in [-0.1, -0.05) is 23.7 Å². The van der Waals surface area contributed by atoms with Crippen LogP contribution in [0.15, 0.2) is 47.1 Å². The maximum absolute atomic E-state index is 12.4. The number of carbonyl (C=O) groups is 2. The molecule has 1 N–H and O–H groups in total. The molecule has 6 nitrogen and oxygen atoms in total. The van der Waals surface area contributed by atoms with Gasteiger partial charge in [-0.25, -0.2) is 9.78 Å². The van der Waals surface area contributed by atoms with Gasteiger partial charge in [0, 0.05) is 10.6 Å². The molecule has 140 valence electrons. The average Bonchev–Trinajstić information content (AvgIpc) is 3.29. The van der Waals surface area contributed by atoms with Crippen LogP contribution >= 0.6 is 22.9 Å². The number of nitrogens with one attached hydrogen (secondary N) is 1. The summed E-state index contributed by atoms with van der Waals surface area (Å²) < 4.78 is 10.4. The van der Waals surface area contributed by atoms with Crippen molar-refractivity contribution in [2.45, 2.75) is 26.5 Å². The molecule has 0 aliphatic rings. The summed E-state index contributed by atoms with van der Waals surface area (Å²) in [4.78, 5) is 29.3. The van der Waals surface area contributed by atoms with Crippen molar-refractivity contribution in [2.24, 2.45) is 0 Å². The van der Waals surface area contributed by atoms with Gasteiger partial charge in [-0.05, 0) is 38.1 Å². The average molecular weight is 405 g/mol.